The molecule has 0 aliphatic rings. The van der Waals surface area contributed by atoms with E-state index < -0.39 is 0 Å². The predicted octanol–water partition coefficient (Wildman–Crippen LogP) is 1.30. The first-order valence-electron chi connectivity index (χ1n) is 9.89. The van der Waals surface area contributed by atoms with Crippen molar-refractivity contribution in [3.63, 3.8) is 0 Å². The molecule has 0 unspecified atom stereocenters. The lowest BCUT2D eigenvalue weighted by Crippen LogP contribution is -2.31. The molecule has 0 saturated carbocycles. The normalized spacial score (nSPS) is 10.9. The van der Waals surface area contributed by atoms with Crippen LogP contribution in [0.2, 0.25) is 0 Å². The predicted molar refractivity (Wildman–Crippen MR) is 116 cm³/mol. The Labute approximate surface area is 178 Å². The highest BCUT2D eigenvalue weighted by molar-refractivity contribution is 5.77. The average molecular weight is 418 g/mol. The molecule has 0 saturated heterocycles. The molecule has 0 aliphatic carbocycles. The van der Waals surface area contributed by atoms with E-state index in [9.17, 15) is 9.59 Å². The van der Waals surface area contributed by atoms with Crippen molar-refractivity contribution in [3.05, 3.63) is 71.6 Å². The van der Waals surface area contributed by atoms with Crippen LogP contribution in [-0.4, -0.2) is 48.1 Å². The first kappa shape index (κ1) is 20.2. The molecule has 1 amide bonds. The van der Waals surface area contributed by atoms with Gasteiger partial charge in [0.2, 0.25) is 5.91 Å². The van der Waals surface area contributed by atoms with Crippen molar-refractivity contribution in [1.29, 1.82) is 0 Å². The second-order valence-corrected chi connectivity index (χ2v) is 6.89. The fourth-order valence-corrected chi connectivity index (χ4v) is 3.16. The Kier molecular flexibility index (Phi) is 5.97. The van der Waals surface area contributed by atoms with E-state index in [-0.39, 0.29) is 24.4 Å². The molecule has 1 aromatic carbocycles. The van der Waals surface area contributed by atoms with Gasteiger partial charge in [-0.15, -0.1) is 0 Å². The number of imidazole rings is 1. The van der Waals surface area contributed by atoms with Crippen molar-refractivity contribution in [2.75, 3.05) is 18.4 Å². The number of nitrogens with one attached hydrogen (secondary N) is 2. The van der Waals surface area contributed by atoms with Crippen LogP contribution in [0.3, 0.4) is 0 Å². The van der Waals surface area contributed by atoms with E-state index in [2.05, 4.69) is 30.6 Å². The highest BCUT2D eigenvalue weighted by Gasteiger charge is 2.07. The number of benzene rings is 1. The molecule has 4 rings (SSSR count). The molecule has 0 fully saturated rings. The van der Waals surface area contributed by atoms with Crippen LogP contribution in [0.15, 0.2) is 60.2 Å². The van der Waals surface area contributed by atoms with Crippen molar-refractivity contribution < 1.29 is 4.79 Å². The smallest absolute Gasteiger partial charge is 0.261 e. The first-order chi connectivity index (χ1) is 15.1. The Balaban J connectivity index is 1.25. The van der Waals surface area contributed by atoms with E-state index in [0.29, 0.717) is 35.6 Å². The largest absolute Gasteiger partial charge is 0.368 e. The third-order valence-electron chi connectivity index (χ3n) is 4.79. The van der Waals surface area contributed by atoms with Gasteiger partial charge in [-0.1, -0.05) is 12.1 Å². The molecule has 3 aromatic heterocycles. The zero-order chi connectivity index (χ0) is 21.6. The maximum atomic E-state index is 12.5. The van der Waals surface area contributed by atoms with Crippen molar-refractivity contribution in [3.8, 4) is 5.82 Å². The number of rotatable bonds is 8. The van der Waals surface area contributed by atoms with Gasteiger partial charge in [0.15, 0.2) is 0 Å². The van der Waals surface area contributed by atoms with E-state index in [1.54, 1.807) is 24.4 Å². The molecular formula is C21H22N8O2. The molecule has 10 heteroatoms. The van der Waals surface area contributed by atoms with Gasteiger partial charge in [0.25, 0.3) is 5.56 Å². The van der Waals surface area contributed by atoms with Crippen LogP contribution in [0.4, 0.5) is 5.82 Å². The number of amides is 1. The van der Waals surface area contributed by atoms with Gasteiger partial charge in [0.05, 0.1) is 17.2 Å². The lowest BCUT2D eigenvalue weighted by atomic mass is 10.2. The number of hydrogen-bond donors (Lipinski definition) is 2. The number of aryl methyl sites for hydroxylation is 2. The maximum Gasteiger partial charge on any atom is 0.261 e. The summed E-state index contributed by atoms with van der Waals surface area (Å²) in [4.78, 5) is 41.5. The summed E-state index contributed by atoms with van der Waals surface area (Å²) in [6.45, 7) is 3.10. The molecule has 4 aromatic rings. The SMILES string of the molecule is Cc1nccn1-c1cc(NCCNC(=O)CCn2cnc3ccccc3c2=O)ncn1. The molecule has 0 radical (unpaired) electrons. The first-order valence-corrected chi connectivity index (χ1v) is 9.89. The summed E-state index contributed by atoms with van der Waals surface area (Å²) in [6.07, 6.45) is 6.69. The number of fused-ring (bicyclic) bond motifs is 1. The quantitative estimate of drug-likeness (QED) is 0.414. The summed E-state index contributed by atoms with van der Waals surface area (Å²) in [5.41, 5.74) is 0.503. The summed E-state index contributed by atoms with van der Waals surface area (Å²) in [5, 5.41) is 6.54. The molecule has 10 nitrogen and oxygen atoms in total. The van der Waals surface area contributed by atoms with Crippen molar-refractivity contribution >= 4 is 22.6 Å². The lowest BCUT2D eigenvalue weighted by Gasteiger charge is -2.10. The van der Waals surface area contributed by atoms with E-state index in [1.165, 1.54) is 17.2 Å². The number of carbonyl (C=O) groups is 1. The number of para-hydroxylation sites is 1. The van der Waals surface area contributed by atoms with Crippen LogP contribution in [0.25, 0.3) is 16.7 Å². The van der Waals surface area contributed by atoms with Gasteiger partial charge < -0.3 is 10.6 Å². The Morgan fingerprint density at radius 2 is 1.97 bits per heavy atom. The summed E-state index contributed by atoms with van der Waals surface area (Å²) < 4.78 is 3.32. The lowest BCUT2D eigenvalue weighted by molar-refractivity contribution is -0.121. The summed E-state index contributed by atoms with van der Waals surface area (Å²) >= 11 is 0. The van der Waals surface area contributed by atoms with Gasteiger partial charge >= 0.3 is 0 Å². The van der Waals surface area contributed by atoms with Gasteiger partial charge in [-0.3, -0.25) is 18.7 Å². The van der Waals surface area contributed by atoms with E-state index in [0.717, 1.165) is 5.82 Å². The minimum atomic E-state index is -0.146. The number of anilines is 1. The van der Waals surface area contributed by atoms with Crippen LogP contribution in [0.5, 0.6) is 0 Å². The molecule has 158 valence electrons. The third-order valence-corrected chi connectivity index (χ3v) is 4.79. The summed E-state index contributed by atoms with van der Waals surface area (Å²) in [7, 11) is 0. The number of hydrogen-bond acceptors (Lipinski definition) is 7. The standard InChI is InChI=1S/C21H22N8O2/c1-15-22-9-11-29(15)19-12-18(25-13-26-19)23-7-8-24-20(30)6-10-28-14-27-17-5-3-2-4-16(17)21(28)31/h2-5,9,11-14H,6-8,10H2,1H3,(H,24,30)(H,23,25,26). The minimum absolute atomic E-state index is 0.140. The summed E-state index contributed by atoms with van der Waals surface area (Å²) in [6, 6.07) is 8.97. The second-order valence-electron chi connectivity index (χ2n) is 6.89. The molecule has 0 bridgehead atoms. The molecule has 0 atom stereocenters. The number of nitrogens with zero attached hydrogens (tertiary/aromatic N) is 6. The van der Waals surface area contributed by atoms with Crippen LogP contribution < -0.4 is 16.2 Å². The molecule has 31 heavy (non-hydrogen) atoms. The zero-order valence-corrected chi connectivity index (χ0v) is 17.0. The van der Waals surface area contributed by atoms with Crippen molar-refractivity contribution in [1.82, 2.24) is 34.4 Å². The molecule has 2 N–H and O–H groups in total. The Morgan fingerprint density at radius 3 is 2.81 bits per heavy atom. The van der Waals surface area contributed by atoms with Gasteiger partial charge in [-0.25, -0.2) is 19.9 Å². The van der Waals surface area contributed by atoms with Crippen LogP contribution in [0.1, 0.15) is 12.2 Å². The Morgan fingerprint density at radius 1 is 1.10 bits per heavy atom. The molecule has 0 aliphatic heterocycles. The Hall–Kier alpha value is -4.08. The van der Waals surface area contributed by atoms with Gasteiger partial charge in [0.1, 0.15) is 23.8 Å². The number of aromatic nitrogens is 6. The van der Waals surface area contributed by atoms with Crippen molar-refractivity contribution in [2.45, 2.75) is 19.9 Å². The van der Waals surface area contributed by atoms with Gasteiger partial charge in [-0.2, -0.15) is 0 Å². The van der Waals surface area contributed by atoms with E-state index in [1.807, 2.05) is 29.8 Å². The van der Waals surface area contributed by atoms with E-state index >= 15 is 0 Å². The van der Waals surface area contributed by atoms with Gasteiger partial charge in [0, 0.05) is 44.5 Å². The van der Waals surface area contributed by atoms with Crippen LogP contribution in [-0.2, 0) is 11.3 Å². The Bertz CT molecular complexity index is 1260. The fourth-order valence-electron chi connectivity index (χ4n) is 3.16. The molecule has 3 heterocycles. The topological polar surface area (TPSA) is 120 Å². The monoisotopic (exact) mass is 418 g/mol. The highest BCUT2D eigenvalue weighted by Crippen LogP contribution is 2.10. The van der Waals surface area contributed by atoms with Crippen LogP contribution in [0, 0.1) is 6.92 Å². The average Bonchev–Trinajstić information content (AvgIpc) is 3.22. The second kappa shape index (κ2) is 9.16. The number of carbonyl (C=O) groups excluding carboxylic acids is 1. The van der Waals surface area contributed by atoms with Crippen LogP contribution >= 0.6 is 0 Å². The van der Waals surface area contributed by atoms with Crippen molar-refractivity contribution in [2.24, 2.45) is 0 Å². The molecule has 0 spiro atoms. The van der Waals surface area contributed by atoms with E-state index in [4.69, 9.17) is 0 Å². The fraction of sp³-hybridized carbons (Fsp3) is 0.238. The minimum Gasteiger partial charge on any atom is -0.368 e. The third kappa shape index (κ3) is 4.74. The summed E-state index contributed by atoms with van der Waals surface area (Å²) in [5.74, 6) is 2.06. The highest BCUT2D eigenvalue weighted by atomic mass is 16.1. The molecular weight excluding hydrogens is 396 g/mol. The maximum absolute atomic E-state index is 12.5. The zero-order valence-electron chi connectivity index (χ0n) is 17.0. The van der Waals surface area contributed by atoms with Gasteiger partial charge in [-0.05, 0) is 19.1 Å².